The number of nitro benzene ring substituents is 2. The van der Waals surface area contributed by atoms with Crippen molar-refractivity contribution >= 4 is 175 Å². The van der Waals surface area contributed by atoms with E-state index in [4.69, 9.17) is 33.2 Å². The molecule has 0 aliphatic carbocycles. The van der Waals surface area contributed by atoms with E-state index in [9.17, 15) is 58.8 Å². The van der Waals surface area contributed by atoms with Crippen LogP contribution in [0.4, 0.5) is 15.8 Å². The van der Waals surface area contributed by atoms with Gasteiger partial charge in [-0.25, -0.2) is 29.3 Å². The van der Waals surface area contributed by atoms with Gasteiger partial charge >= 0.3 is 0 Å². The summed E-state index contributed by atoms with van der Waals surface area (Å²) in [5.41, 5.74) is 14.4. The van der Waals surface area contributed by atoms with Gasteiger partial charge in [-0.05, 0) is 210 Å². The van der Waals surface area contributed by atoms with Crippen molar-refractivity contribution in [2.45, 2.75) is 47.8 Å². The quantitative estimate of drug-likeness (QED) is 0.0128. The minimum absolute atomic E-state index is 0.00909. The van der Waals surface area contributed by atoms with Crippen LogP contribution in [0, 0.1) is 60.7 Å². The maximum Gasteiger partial charge on any atom is 0.288 e. The first kappa shape index (κ1) is 91.0. The fourth-order valence-corrected chi connectivity index (χ4v) is 18.6. The molecule has 0 unspecified atom stereocenters. The van der Waals surface area contributed by atoms with Crippen LogP contribution in [0.2, 0.25) is 10.0 Å². The van der Waals surface area contributed by atoms with Crippen LogP contribution in [0.25, 0.3) is 111 Å². The Morgan fingerprint density at radius 2 is 0.632 bits per heavy atom. The van der Waals surface area contributed by atoms with Gasteiger partial charge in [0.05, 0.1) is 114 Å². The van der Waals surface area contributed by atoms with Gasteiger partial charge in [0, 0.05) is 131 Å². The van der Waals surface area contributed by atoms with E-state index in [1.54, 1.807) is 180 Å². The van der Waals surface area contributed by atoms with Crippen LogP contribution >= 0.6 is 79.9 Å². The SMILES string of the molecule is Cc1cn2c(/C=C/C(=O)c3ccc[nH]3)c(-c3ccc(CO)c([N+](=O)[O-])c3)nc2s1.Cc1cn2c(/C=C/C(=O)c3ccc[nH]3)c(-c3ccc(CO)cc3)nc2s1.Cc1cn2c(/C=C/C(=O)c3ccc[nH]3)c(-c3ccc(Cl)c([N+](=O)[O-])c3)nc2s1.Cc1cn2c(/C=C/C(=O)c3ccc[nH]3)c(-c3ccc(Cl)cc3)nc2s1.Cc1cn2c(/C=C/C(=O)c3ccc[nH]3)c(-c3ccc(F)cc3)nc2s1. The molecule has 0 fully saturated rings. The number of hydrogen-bond donors (Lipinski definition) is 7. The number of carbonyl (C=O) groups excluding carboxylic acids is 5. The first-order valence-electron chi connectivity index (χ1n) is 40.6. The number of aromatic nitrogens is 15. The van der Waals surface area contributed by atoms with Crippen molar-refractivity contribution in [3.63, 3.8) is 0 Å². The summed E-state index contributed by atoms with van der Waals surface area (Å²) in [6.07, 6.45) is 34.7. The number of nitrogens with one attached hydrogen (secondary N) is 5. The van der Waals surface area contributed by atoms with Gasteiger partial charge < -0.3 is 35.1 Å². The summed E-state index contributed by atoms with van der Waals surface area (Å²) in [5, 5.41) is 41.9. The summed E-state index contributed by atoms with van der Waals surface area (Å²) in [7, 11) is 0. The number of aryl methyl sites for hydroxylation is 5. The molecule has 7 N–H and O–H groups in total. The number of nitrogens with zero attached hydrogens (tertiary/aromatic N) is 12. The highest BCUT2D eigenvalue weighted by Gasteiger charge is 2.25. The largest absolute Gasteiger partial charge is 0.392 e. The van der Waals surface area contributed by atoms with Crippen LogP contribution in [-0.2, 0) is 13.2 Å². The lowest BCUT2D eigenvalue weighted by Crippen LogP contribution is -1.97. The lowest BCUT2D eigenvalue weighted by atomic mass is 10.1. The number of carbonyl (C=O) groups is 5. The number of H-pyrrole nitrogens is 5. The molecule has 0 bridgehead atoms. The van der Waals surface area contributed by atoms with Crippen molar-refractivity contribution in [1.82, 2.24) is 71.8 Å². The maximum atomic E-state index is 13.2. The average molecular weight is 1900 g/mol. The van der Waals surface area contributed by atoms with E-state index in [2.05, 4.69) is 39.9 Å². The second kappa shape index (κ2) is 40.3. The number of hydrogen-bond acceptors (Lipinski definition) is 21. The molecule has 0 spiro atoms. The zero-order chi connectivity index (χ0) is 93.3. The van der Waals surface area contributed by atoms with Crippen LogP contribution in [0.3, 0.4) is 0 Å². The summed E-state index contributed by atoms with van der Waals surface area (Å²) < 4.78 is 22.9. The number of halogens is 3. The molecule has 0 aliphatic heterocycles. The number of fused-ring (bicyclic) bond motifs is 5. The van der Waals surface area contributed by atoms with Crippen molar-refractivity contribution in [3.8, 4) is 56.3 Å². The predicted molar refractivity (Wildman–Crippen MR) is 522 cm³/mol. The third-order valence-corrected chi connectivity index (χ3v) is 25.5. The van der Waals surface area contributed by atoms with E-state index in [-0.39, 0.29) is 63.3 Å². The van der Waals surface area contributed by atoms with E-state index < -0.39 is 16.5 Å². The van der Waals surface area contributed by atoms with Crippen molar-refractivity contribution in [2.75, 3.05) is 0 Å². The van der Waals surface area contributed by atoms with Gasteiger partial charge in [0.2, 0.25) is 28.9 Å². The lowest BCUT2D eigenvalue weighted by Gasteiger charge is -2.04. The molecule has 664 valence electrons. The number of aromatic amines is 5. The Balaban J connectivity index is 0.000000121. The lowest BCUT2D eigenvalue weighted by molar-refractivity contribution is -0.385. The third-order valence-electron chi connectivity index (χ3n) is 20.5. The summed E-state index contributed by atoms with van der Waals surface area (Å²) in [6.45, 7) is 9.59. The highest BCUT2D eigenvalue weighted by Crippen LogP contribution is 2.39. The number of aliphatic hydroxyl groups is 2. The molecule has 5 aromatic carbocycles. The van der Waals surface area contributed by atoms with Gasteiger partial charge in [0.25, 0.3) is 11.4 Å². The number of imidazole rings is 5. The van der Waals surface area contributed by atoms with Crippen molar-refractivity contribution < 1.29 is 48.4 Å². The van der Waals surface area contributed by atoms with Gasteiger partial charge in [-0.3, -0.25) is 66.2 Å². The Kier molecular flexibility index (Phi) is 27.6. The zero-order valence-electron chi connectivity index (χ0n) is 70.7. The molecule has 20 rings (SSSR count). The highest BCUT2D eigenvalue weighted by molar-refractivity contribution is 7.18. The van der Waals surface area contributed by atoms with Gasteiger partial charge in [0.1, 0.15) is 10.8 Å². The molecule has 0 radical (unpaired) electrons. The summed E-state index contributed by atoms with van der Waals surface area (Å²) in [5.74, 6) is -0.937. The van der Waals surface area contributed by atoms with E-state index in [1.807, 2.05) is 148 Å². The fourth-order valence-electron chi connectivity index (χ4n) is 14.2. The number of benzene rings is 5. The summed E-state index contributed by atoms with van der Waals surface area (Å²) >= 11 is 19.7. The Labute approximate surface area is 784 Å². The molecule has 15 aromatic heterocycles. The number of aliphatic hydroxyl groups excluding tert-OH is 2. The molecule has 0 saturated carbocycles. The van der Waals surface area contributed by atoms with Gasteiger partial charge in [-0.15, -0.1) is 56.7 Å². The first-order valence-corrected chi connectivity index (χ1v) is 45.4. The number of thiazole rings is 5. The van der Waals surface area contributed by atoms with Gasteiger partial charge in [-0.1, -0.05) is 71.7 Å². The Bertz CT molecular complexity index is 7690. The normalized spacial score (nSPS) is 11.6. The molecule has 0 amide bonds. The van der Waals surface area contributed by atoms with Crippen LogP contribution < -0.4 is 0 Å². The number of rotatable bonds is 24. The number of nitro groups is 2. The summed E-state index contributed by atoms with van der Waals surface area (Å²) in [4.78, 5) is 131. The van der Waals surface area contributed by atoms with E-state index in [1.165, 1.54) is 77.3 Å². The molecule has 133 heavy (non-hydrogen) atoms. The Morgan fingerprint density at radius 3 is 0.902 bits per heavy atom. The highest BCUT2D eigenvalue weighted by atomic mass is 35.5. The predicted octanol–water partition coefficient (Wildman–Crippen LogP) is 23.2. The fraction of sp³-hybridized carbons (Fsp3) is 0.0722. The van der Waals surface area contributed by atoms with Gasteiger partial charge in [0.15, 0.2) is 24.8 Å². The van der Waals surface area contributed by atoms with E-state index in [0.717, 1.165) is 106 Å². The molecule has 36 heteroatoms. The minimum Gasteiger partial charge on any atom is -0.392 e. The van der Waals surface area contributed by atoms with E-state index in [0.29, 0.717) is 67.4 Å². The third kappa shape index (κ3) is 20.6. The van der Waals surface area contributed by atoms with E-state index >= 15 is 0 Å². The van der Waals surface area contributed by atoms with Crippen LogP contribution in [0.5, 0.6) is 0 Å². The van der Waals surface area contributed by atoms with Crippen LogP contribution in [0.15, 0.2) is 262 Å². The monoisotopic (exact) mass is 1900 g/mol. The number of ketones is 5. The average Bonchev–Trinajstić information content (AvgIpc) is 1.56. The molecular weight excluding hydrogens is 1830 g/mol. The Hall–Kier alpha value is -15.4. The van der Waals surface area contributed by atoms with Crippen molar-refractivity contribution in [1.29, 1.82) is 0 Å². The van der Waals surface area contributed by atoms with Gasteiger partial charge in [-0.2, -0.15) is 0 Å². The number of allylic oxidation sites excluding steroid dienone is 5. The standard InChI is InChI=1S/C20H16N4O4S.C20H17N3O2S.C19H13ClN4O3S.C19H14ClN3OS.C19H14FN3OS/c1-12-10-23-16(6-7-18(26)15-3-2-8-21-15)19(22-20(23)29-12)13-4-5-14(11-25)17(9-13)24(27)28;1-13-11-23-17(8-9-18(25)16-3-2-10-21-16)19(22-20(23)26-13)15-6-4-14(12-24)5-7-15;1-11-10-23-15(6-7-17(25)14-3-2-8-21-14)18(22-19(23)28-11)12-4-5-13(20)16(9-12)24(26)27;2*1-12-11-23-16(8-9-17(24)15-3-2-10-21-15)18(22-19(23)25-12)13-4-6-14(20)7-5-13/h2-10,21,25H,11H2,1H3;2-11,21,24H,12H2,1H3;2-10,21H,1H3;2*2-11,21H,1H3/b7-6+;9-8+;7-6+;2*9-8+. The zero-order valence-corrected chi connectivity index (χ0v) is 76.3. The smallest absolute Gasteiger partial charge is 0.288 e. The first-order chi connectivity index (χ1) is 64.3. The topological polar surface area (TPSA) is 378 Å². The molecule has 15 heterocycles. The molecule has 0 aliphatic rings. The van der Waals surface area contributed by atoms with Crippen LogP contribution in [-0.4, -0.2) is 121 Å². The Morgan fingerprint density at radius 1 is 0.368 bits per heavy atom. The molecule has 28 nitrogen and oxygen atoms in total. The van der Waals surface area contributed by atoms with Crippen molar-refractivity contribution in [2.24, 2.45) is 0 Å². The second-order valence-electron chi connectivity index (χ2n) is 29.7. The molecule has 0 saturated heterocycles. The molecule has 0 atom stereocenters. The molecular formula is C97H74Cl2FN17O11S5. The van der Waals surface area contributed by atoms with Crippen molar-refractivity contribution in [3.05, 3.63) is 391 Å². The summed E-state index contributed by atoms with van der Waals surface area (Å²) in [6, 6.07) is 48.0. The molecule has 20 aromatic rings. The van der Waals surface area contributed by atoms with Crippen LogP contribution in [0.1, 0.15) is 116 Å². The second-order valence-corrected chi connectivity index (χ2v) is 36.6. The maximum absolute atomic E-state index is 13.2. The minimum atomic E-state index is -0.529.